The Bertz CT molecular complexity index is 563. The summed E-state index contributed by atoms with van der Waals surface area (Å²) in [4.78, 5) is 27.2. The molecule has 21 heavy (non-hydrogen) atoms. The van der Waals surface area contributed by atoms with Gasteiger partial charge in [-0.3, -0.25) is 14.5 Å². The van der Waals surface area contributed by atoms with Gasteiger partial charge in [0.25, 0.3) is 11.8 Å². The van der Waals surface area contributed by atoms with Gasteiger partial charge in [-0.2, -0.15) is 0 Å². The minimum atomic E-state index is -0.150. The van der Waals surface area contributed by atoms with Gasteiger partial charge in [-0.05, 0) is 12.0 Å². The SMILES string of the molecule is CCCCN1C(=O)C(SC(C)C)=C(c2ccccc2)C1=O. The summed E-state index contributed by atoms with van der Waals surface area (Å²) in [7, 11) is 0. The Hall–Kier alpha value is -1.55. The highest BCUT2D eigenvalue weighted by molar-refractivity contribution is 8.04. The molecule has 1 aromatic rings. The number of hydrogen-bond donors (Lipinski definition) is 0. The molecule has 0 atom stereocenters. The third-order valence-electron chi connectivity index (χ3n) is 3.28. The second-order valence-electron chi connectivity index (χ2n) is 5.35. The summed E-state index contributed by atoms with van der Waals surface area (Å²) in [6.45, 7) is 6.63. The lowest BCUT2D eigenvalue weighted by molar-refractivity contribution is -0.136. The van der Waals surface area contributed by atoms with E-state index in [1.807, 2.05) is 44.2 Å². The molecular weight excluding hydrogens is 282 g/mol. The van der Waals surface area contributed by atoms with Crippen LogP contribution in [0.1, 0.15) is 39.2 Å². The van der Waals surface area contributed by atoms with Crippen molar-refractivity contribution >= 4 is 29.1 Å². The number of thioether (sulfide) groups is 1. The molecule has 1 heterocycles. The van der Waals surface area contributed by atoms with Gasteiger partial charge in [-0.1, -0.05) is 57.5 Å². The maximum Gasteiger partial charge on any atom is 0.267 e. The summed E-state index contributed by atoms with van der Waals surface area (Å²) in [5.41, 5.74) is 1.40. The van der Waals surface area contributed by atoms with E-state index in [1.54, 1.807) is 0 Å². The number of hydrogen-bond acceptors (Lipinski definition) is 3. The van der Waals surface area contributed by atoms with E-state index in [0.717, 1.165) is 18.4 Å². The van der Waals surface area contributed by atoms with Crippen LogP contribution in [0.2, 0.25) is 0 Å². The first-order valence-electron chi connectivity index (χ1n) is 7.38. The molecule has 0 unspecified atom stereocenters. The number of carbonyl (C=O) groups excluding carboxylic acids is 2. The topological polar surface area (TPSA) is 37.4 Å². The molecule has 3 nitrogen and oxygen atoms in total. The molecule has 0 aromatic heterocycles. The van der Waals surface area contributed by atoms with Crippen molar-refractivity contribution < 1.29 is 9.59 Å². The lowest BCUT2D eigenvalue weighted by Crippen LogP contribution is -2.32. The van der Waals surface area contributed by atoms with Crippen molar-refractivity contribution in [2.45, 2.75) is 38.9 Å². The van der Waals surface area contributed by atoms with E-state index < -0.39 is 0 Å². The van der Waals surface area contributed by atoms with E-state index in [1.165, 1.54) is 16.7 Å². The average molecular weight is 303 g/mol. The predicted molar refractivity (Wildman–Crippen MR) is 87.7 cm³/mol. The molecule has 112 valence electrons. The van der Waals surface area contributed by atoms with Gasteiger partial charge < -0.3 is 0 Å². The fraction of sp³-hybridized carbons (Fsp3) is 0.412. The van der Waals surface area contributed by atoms with Crippen LogP contribution in [0.25, 0.3) is 5.57 Å². The maximum absolute atomic E-state index is 12.6. The van der Waals surface area contributed by atoms with Crippen molar-refractivity contribution in [3.63, 3.8) is 0 Å². The first-order chi connectivity index (χ1) is 10.1. The Morgan fingerprint density at radius 1 is 1.10 bits per heavy atom. The molecule has 1 aliphatic rings. The number of imide groups is 1. The summed E-state index contributed by atoms with van der Waals surface area (Å²) in [5.74, 6) is -0.284. The standard InChI is InChI=1S/C17H21NO2S/c1-4-5-11-18-16(19)14(13-9-7-6-8-10-13)15(17(18)20)21-12(2)3/h6-10,12H,4-5,11H2,1-3H3. The number of amides is 2. The molecule has 0 spiro atoms. The highest BCUT2D eigenvalue weighted by atomic mass is 32.2. The van der Waals surface area contributed by atoms with Crippen LogP contribution in [0.3, 0.4) is 0 Å². The molecule has 0 saturated carbocycles. The molecule has 0 saturated heterocycles. The first kappa shape index (κ1) is 15.8. The molecular formula is C17H21NO2S. The Labute approximate surface area is 130 Å². The van der Waals surface area contributed by atoms with Crippen LogP contribution in [0.5, 0.6) is 0 Å². The van der Waals surface area contributed by atoms with E-state index in [2.05, 4.69) is 6.92 Å². The number of rotatable bonds is 6. The van der Waals surface area contributed by atoms with Crippen molar-refractivity contribution in [3.05, 3.63) is 40.8 Å². The minimum Gasteiger partial charge on any atom is -0.274 e. The quantitative estimate of drug-likeness (QED) is 0.752. The molecule has 1 aromatic carbocycles. The summed E-state index contributed by atoms with van der Waals surface area (Å²) in [5, 5.41) is 0.265. The van der Waals surface area contributed by atoms with Crippen LogP contribution in [0, 0.1) is 0 Å². The molecule has 2 rings (SSSR count). The van der Waals surface area contributed by atoms with Crippen molar-refractivity contribution in [1.82, 2.24) is 4.90 Å². The average Bonchev–Trinajstić information content (AvgIpc) is 2.69. The van der Waals surface area contributed by atoms with Crippen molar-refractivity contribution in [3.8, 4) is 0 Å². The highest BCUT2D eigenvalue weighted by Crippen LogP contribution is 2.37. The molecule has 1 aliphatic heterocycles. The van der Waals surface area contributed by atoms with Gasteiger partial charge in [-0.25, -0.2) is 0 Å². The Balaban J connectivity index is 2.41. The predicted octanol–water partition coefficient (Wildman–Crippen LogP) is 3.71. The van der Waals surface area contributed by atoms with Crippen molar-refractivity contribution in [2.75, 3.05) is 6.54 Å². The lowest BCUT2D eigenvalue weighted by atomic mass is 10.1. The zero-order valence-electron chi connectivity index (χ0n) is 12.8. The van der Waals surface area contributed by atoms with E-state index in [4.69, 9.17) is 0 Å². The van der Waals surface area contributed by atoms with Crippen LogP contribution in [-0.2, 0) is 9.59 Å². The third-order valence-corrected chi connectivity index (χ3v) is 4.36. The van der Waals surface area contributed by atoms with Gasteiger partial charge >= 0.3 is 0 Å². The second kappa shape index (κ2) is 6.94. The molecule has 0 radical (unpaired) electrons. The van der Waals surface area contributed by atoms with E-state index in [9.17, 15) is 9.59 Å². The van der Waals surface area contributed by atoms with Crippen molar-refractivity contribution in [2.24, 2.45) is 0 Å². The Morgan fingerprint density at radius 2 is 1.76 bits per heavy atom. The fourth-order valence-electron chi connectivity index (χ4n) is 2.28. The summed E-state index contributed by atoms with van der Waals surface area (Å²) >= 11 is 1.48. The highest BCUT2D eigenvalue weighted by Gasteiger charge is 2.38. The number of carbonyl (C=O) groups is 2. The molecule has 0 aliphatic carbocycles. The number of benzene rings is 1. The minimum absolute atomic E-state index is 0.133. The van der Waals surface area contributed by atoms with E-state index >= 15 is 0 Å². The summed E-state index contributed by atoms with van der Waals surface area (Å²) in [6, 6.07) is 9.49. The second-order valence-corrected chi connectivity index (χ2v) is 6.94. The van der Waals surface area contributed by atoms with Crippen LogP contribution in [0.15, 0.2) is 35.2 Å². The summed E-state index contributed by atoms with van der Waals surface area (Å²) in [6.07, 6.45) is 1.81. The van der Waals surface area contributed by atoms with Crippen LogP contribution < -0.4 is 0 Å². The molecule has 0 N–H and O–H groups in total. The van der Waals surface area contributed by atoms with E-state index in [0.29, 0.717) is 17.0 Å². The van der Waals surface area contributed by atoms with Gasteiger partial charge in [-0.15, -0.1) is 11.8 Å². The van der Waals surface area contributed by atoms with Gasteiger partial charge in [0.2, 0.25) is 0 Å². The molecule has 0 fully saturated rings. The smallest absolute Gasteiger partial charge is 0.267 e. The van der Waals surface area contributed by atoms with Crippen LogP contribution in [0.4, 0.5) is 0 Å². The fourth-order valence-corrected chi connectivity index (χ4v) is 3.28. The molecule has 4 heteroatoms. The van der Waals surface area contributed by atoms with Gasteiger partial charge in [0.15, 0.2) is 0 Å². The third kappa shape index (κ3) is 3.38. The van der Waals surface area contributed by atoms with Gasteiger partial charge in [0.05, 0.1) is 10.5 Å². The monoisotopic (exact) mass is 303 g/mol. The zero-order valence-corrected chi connectivity index (χ0v) is 13.6. The largest absolute Gasteiger partial charge is 0.274 e. The Kier molecular flexibility index (Phi) is 5.23. The molecule has 2 amide bonds. The Morgan fingerprint density at radius 3 is 2.33 bits per heavy atom. The van der Waals surface area contributed by atoms with Crippen molar-refractivity contribution in [1.29, 1.82) is 0 Å². The normalized spacial score (nSPS) is 15.5. The van der Waals surface area contributed by atoms with Crippen LogP contribution >= 0.6 is 11.8 Å². The number of nitrogens with zero attached hydrogens (tertiary/aromatic N) is 1. The van der Waals surface area contributed by atoms with Crippen LogP contribution in [-0.4, -0.2) is 28.5 Å². The molecule has 0 bridgehead atoms. The van der Waals surface area contributed by atoms with E-state index in [-0.39, 0.29) is 17.1 Å². The number of unbranched alkanes of at least 4 members (excludes halogenated alkanes) is 1. The first-order valence-corrected chi connectivity index (χ1v) is 8.26. The lowest BCUT2D eigenvalue weighted by Gasteiger charge is -2.14. The maximum atomic E-state index is 12.6. The van der Waals surface area contributed by atoms with Gasteiger partial charge in [0, 0.05) is 11.8 Å². The zero-order chi connectivity index (χ0) is 15.4. The summed E-state index contributed by atoms with van der Waals surface area (Å²) < 4.78 is 0. The van der Waals surface area contributed by atoms with Gasteiger partial charge in [0.1, 0.15) is 0 Å².